The first-order valence-corrected chi connectivity index (χ1v) is 51.4. The lowest BCUT2D eigenvalue weighted by atomic mass is 10.0. The fraction of sp³-hybridized carbons (Fsp3) is 0.981. The monoisotopic (exact) mass is 1510 g/mol. The largest absolute Gasteiger partial charge is 0.466 e. The van der Waals surface area contributed by atoms with E-state index in [1.165, 1.54) is 571 Å². The predicted molar refractivity (Wildman–Crippen MR) is 483 cm³/mol. The number of carbonyl (C=O) groups excluding carboxylic acids is 2. The molecule has 642 valence electrons. The molecule has 0 heterocycles. The van der Waals surface area contributed by atoms with Gasteiger partial charge in [-0.1, -0.05) is 599 Å². The van der Waals surface area contributed by atoms with Gasteiger partial charge in [-0.2, -0.15) is 0 Å². The van der Waals surface area contributed by atoms with E-state index >= 15 is 0 Å². The van der Waals surface area contributed by atoms with Gasteiger partial charge in [0.05, 0.1) is 13.2 Å². The van der Waals surface area contributed by atoms with Crippen molar-refractivity contribution in [3.63, 3.8) is 0 Å². The van der Waals surface area contributed by atoms with Crippen molar-refractivity contribution < 1.29 is 19.1 Å². The van der Waals surface area contributed by atoms with E-state index in [0.717, 1.165) is 25.7 Å². The smallest absolute Gasteiger partial charge is 0.305 e. The maximum absolute atomic E-state index is 12.1. The fourth-order valence-electron chi connectivity index (χ4n) is 16.6. The van der Waals surface area contributed by atoms with Gasteiger partial charge in [-0.3, -0.25) is 9.59 Å². The third-order valence-corrected chi connectivity index (χ3v) is 24.2. The SMILES string of the molecule is CCCCCCCCCCCCCCCCCCCCCCCCCCCCCC(=O)OCCCCCCCCCCCCCCCCCCCCC.CCCCCCCCCCCCCCCCCCCCCCCCCCCCCC(=O)OCCCCCCCCCCCCCCCCCCCCCC. The number of carbonyl (C=O) groups is 2. The number of esters is 2. The molecule has 4 nitrogen and oxygen atoms in total. The average Bonchev–Trinajstić information content (AvgIpc) is 3.70. The molecule has 4 heteroatoms. The molecule has 0 unspecified atom stereocenters. The third kappa shape index (κ3) is 107. The molecular formula is C103H206O4. The van der Waals surface area contributed by atoms with E-state index < -0.39 is 0 Å². The Bertz CT molecular complexity index is 1520. The van der Waals surface area contributed by atoms with E-state index in [1.54, 1.807) is 0 Å². The van der Waals surface area contributed by atoms with Crippen LogP contribution in [0, 0.1) is 0 Å². The van der Waals surface area contributed by atoms with Crippen LogP contribution < -0.4 is 0 Å². The molecule has 0 aromatic rings. The van der Waals surface area contributed by atoms with Gasteiger partial charge < -0.3 is 9.47 Å². The number of unbranched alkanes of at least 4 members (excludes halogenated alkanes) is 89. The summed E-state index contributed by atoms with van der Waals surface area (Å²) in [5.74, 6) is 0.0689. The van der Waals surface area contributed by atoms with E-state index in [9.17, 15) is 9.59 Å². The van der Waals surface area contributed by atoms with Gasteiger partial charge in [0.2, 0.25) is 0 Å². The molecule has 0 aliphatic carbocycles. The van der Waals surface area contributed by atoms with Crippen molar-refractivity contribution in [3.05, 3.63) is 0 Å². The molecule has 0 atom stereocenters. The molecular weight excluding hydrogens is 1300 g/mol. The number of hydrogen-bond acceptors (Lipinski definition) is 4. The van der Waals surface area contributed by atoms with Gasteiger partial charge in [-0.25, -0.2) is 0 Å². The van der Waals surface area contributed by atoms with Crippen molar-refractivity contribution in [3.8, 4) is 0 Å². The van der Waals surface area contributed by atoms with Crippen LogP contribution in [0.3, 0.4) is 0 Å². The average molecular weight is 1510 g/mol. The Morgan fingerprint density at radius 3 is 0.308 bits per heavy atom. The van der Waals surface area contributed by atoms with E-state index in [0.29, 0.717) is 26.1 Å². The third-order valence-electron chi connectivity index (χ3n) is 24.2. The lowest BCUT2D eigenvalue weighted by Gasteiger charge is -2.06. The molecule has 0 aromatic heterocycles. The molecule has 0 amide bonds. The van der Waals surface area contributed by atoms with Gasteiger partial charge in [-0.05, 0) is 25.7 Å². The van der Waals surface area contributed by atoms with E-state index in [1.807, 2.05) is 0 Å². The van der Waals surface area contributed by atoms with Gasteiger partial charge in [0, 0.05) is 12.8 Å². The topological polar surface area (TPSA) is 52.6 Å². The second-order valence-electron chi connectivity index (χ2n) is 35.4. The Hall–Kier alpha value is -1.06. The summed E-state index contributed by atoms with van der Waals surface area (Å²) in [6, 6.07) is 0. The van der Waals surface area contributed by atoms with Crippen LogP contribution in [-0.2, 0) is 19.1 Å². The molecule has 0 saturated carbocycles. The van der Waals surface area contributed by atoms with Crippen molar-refractivity contribution in [2.45, 2.75) is 638 Å². The maximum atomic E-state index is 12.1. The number of ether oxygens (including phenoxy) is 2. The van der Waals surface area contributed by atoms with Crippen molar-refractivity contribution in [1.29, 1.82) is 0 Å². The van der Waals surface area contributed by atoms with Crippen LogP contribution in [0.25, 0.3) is 0 Å². The summed E-state index contributed by atoms with van der Waals surface area (Å²) in [5.41, 5.74) is 0. The van der Waals surface area contributed by atoms with E-state index in [-0.39, 0.29) is 11.9 Å². The zero-order valence-corrected chi connectivity index (χ0v) is 75.2. The second-order valence-corrected chi connectivity index (χ2v) is 35.4. The highest BCUT2D eigenvalue weighted by Crippen LogP contribution is 2.23. The van der Waals surface area contributed by atoms with Crippen molar-refractivity contribution in [1.82, 2.24) is 0 Å². The van der Waals surface area contributed by atoms with Crippen molar-refractivity contribution >= 4 is 11.9 Å². The van der Waals surface area contributed by atoms with Crippen LogP contribution in [-0.4, -0.2) is 25.2 Å². The van der Waals surface area contributed by atoms with E-state index in [4.69, 9.17) is 9.47 Å². The minimum atomic E-state index is 0.0343. The second kappa shape index (κ2) is 105. The van der Waals surface area contributed by atoms with Gasteiger partial charge in [-0.15, -0.1) is 0 Å². The zero-order valence-electron chi connectivity index (χ0n) is 75.2. The standard InChI is InChI=1S/C52H104O2.C51H102O2/c1-3-5-7-9-11-13-15-17-19-21-23-25-26-27-28-29-30-31-32-34-36-38-40-42-44-46-48-50-52(53)54-51-49-47-45-43-41-39-37-35-33-24-22-20-18-16-14-12-10-8-6-4-2;1-3-5-7-9-11-13-15-17-19-21-23-24-25-26-27-28-29-30-31-33-35-37-39-41-43-45-47-49-51(52)53-50-48-46-44-42-40-38-36-34-32-22-20-18-16-14-12-10-8-6-4-2/h3-51H2,1-2H3;3-50H2,1-2H3. The van der Waals surface area contributed by atoms with Crippen molar-refractivity contribution in [2.75, 3.05) is 13.2 Å². The summed E-state index contributed by atoms with van der Waals surface area (Å²) in [5, 5.41) is 0. The van der Waals surface area contributed by atoms with Crippen LogP contribution in [0.2, 0.25) is 0 Å². The van der Waals surface area contributed by atoms with E-state index in [2.05, 4.69) is 27.7 Å². The zero-order chi connectivity index (χ0) is 77.2. The van der Waals surface area contributed by atoms with Crippen LogP contribution >= 0.6 is 0 Å². The summed E-state index contributed by atoms with van der Waals surface area (Å²) < 4.78 is 11.0. The van der Waals surface area contributed by atoms with Gasteiger partial charge >= 0.3 is 11.9 Å². The highest BCUT2D eigenvalue weighted by atomic mass is 16.5. The summed E-state index contributed by atoms with van der Waals surface area (Å²) >= 11 is 0. The molecule has 107 heavy (non-hydrogen) atoms. The highest BCUT2D eigenvalue weighted by Gasteiger charge is 2.07. The Balaban J connectivity index is 0. The molecule has 0 aliphatic rings. The molecule has 0 saturated heterocycles. The Kier molecular flexibility index (Phi) is 106. The number of hydrogen-bond donors (Lipinski definition) is 0. The lowest BCUT2D eigenvalue weighted by molar-refractivity contribution is -0.144. The lowest BCUT2D eigenvalue weighted by Crippen LogP contribution is -2.05. The van der Waals surface area contributed by atoms with Crippen LogP contribution in [0.1, 0.15) is 638 Å². The minimum Gasteiger partial charge on any atom is -0.466 e. The quantitative estimate of drug-likeness (QED) is 0.0450. The number of rotatable bonds is 97. The molecule has 0 aliphatic heterocycles. The molecule has 0 N–H and O–H groups in total. The predicted octanol–water partition coefficient (Wildman–Crippen LogP) is 38.2. The van der Waals surface area contributed by atoms with Gasteiger partial charge in [0.1, 0.15) is 0 Å². The van der Waals surface area contributed by atoms with Gasteiger partial charge in [0.15, 0.2) is 0 Å². The molecule has 0 spiro atoms. The summed E-state index contributed by atoms with van der Waals surface area (Å²) in [7, 11) is 0. The summed E-state index contributed by atoms with van der Waals surface area (Å²) in [6.07, 6.45) is 132. The molecule has 0 rings (SSSR count). The Morgan fingerprint density at radius 1 is 0.121 bits per heavy atom. The minimum absolute atomic E-state index is 0.0343. The van der Waals surface area contributed by atoms with Crippen LogP contribution in [0.15, 0.2) is 0 Å². The Morgan fingerprint density at radius 2 is 0.206 bits per heavy atom. The Labute approximate surface area is 678 Å². The van der Waals surface area contributed by atoms with Gasteiger partial charge in [0.25, 0.3) is 0 Å². The molecule has 0 radical (unpaired) electrons. The highest BCUT2D eigenvalue weighted by molar-refractivity contribution is 5.69. The molecule has 0 fully saturated rings. The molecule has 0 aromatic carbocycles. The first-order valence-electron chi connectivity index (χ1n) is 51.4. The summed E-state index contributed by atoms with van der Waals surface area (Å²) in [6.45, 7) is 10.5. The summed E-state index contributed by atoms with van der Waals surface area (Å²) in [4.78, 5) is 24.1. The fourth-order valence-corrected chi connectivity index (χ4v) is 16.6. The van der Waals surface area contributed by atoms with Crippen LogP contribution in [0.4, 0.5) is 0 Å². The normalized spacial score (nSPS) is 11.5. The first-order chi connectivity index (χ1) is 53.1. The molecule has 0 bridgehead atoms. The first kappa shape index (κ1) is 108. The maximum Gasteiger partial charge on any atom is 0.305 e. The van der Waals surface area contributed by atoms with Crippen LogP contribution in [0.5, 0.6) is 0 Å². The van der Waals surface area contributed by atoms with Crippen molar-refractivity contribution in [2.24, 2.45) is 0 Å².